The molecular formula is C11H11ClN2O3. The first-order chi connectivity index (χ1) is 8.22. The van der Waals surface area contributed by atoms with Gasteiger partial charge in [0.25, 0.3) is 5.91 Å². The molecule has 0 saturated carbocycles. The first-order valence-electron chi connectivity index (χ1n) is 5.33. The van der Waals surface area contributed by atoms with Crippen LogP contribution in [0.25, 0.3) is 0 Å². The smallest absolute Gasteiger partial charge is 0.262 e. The van der Waals surface area contributed by atoms with Gasteiger partial charge in [0.05, 0.1) is 35.7 Å². The van der Waals surface area contributed by atoms with Crippen molar-refractivity contribution in [2.24, 2.45) is 0 Å². The number of nitrogens with one attached hydrogen (secondary N) is 2. The number of hydrogen-bond donors (Lipinski definition) is 2. The summed E-state index contributed by atoms with van der Waals surface area (Å²) in [4.78, 5) is 11.1. The number of benzene rings is 1. The summed E-state index contributed by atoms with van der Waals surface area (Å²) >= 11 is 6.12. The number of ether oxygens (including phenoxy) is 2. The van der Waals surface area contributed by atoms with E-state index in [1.54, 1.807) is 12.1 Å². The molecule has 1 fully saturated rings. The van der Waals surface area contributed by atoms with E-state index in [-0.39, 0.29) is 12.5 Å². The molecule has 1 saturated heterocycles. The van der Waals surface area contributed by atoms with Crippen LogP contribution in [0, 0.1) is 0 Å². The Morgan fingerprint density at radius 2 is 2.24 bits per heavy atom. The van der Waals surface area contributed by atoms with Gasteiger partial charge in [-0.05, 0) is 6.07 Å². The Morgan fingerprint density at radius 1 is 1.41 bits per heavy atom. The van der Waals surface area contributed by atoms with Gasteiger partial charge < -0.3 is 20.1 Å². The average molecular weight is 255 g/mol. The summed E-state index contributed by atoms with van der Waals surface area (Å²) in [6.07, 6.45) is 0. The van der Waals surface area contributed by atoms with E-state index in [0.29, 0.717) is 35.7 Å². The zero-order chi connectivity index (χ0) is 11.8. The summed E-state index contributed by atoms with van der Waals surface area (Å²) in [6, 6.07) is 3.79. The zero-order valence-electron chi connectivity index (χ0n) is 8.96. The first-order valence-corrected chi connectivity index (χ1v) is 5.70. The highest BCUT2D eigenvalue weighted by Gasteiger charge is 2.22. The van der Waals surface area contributed by atoms with Crippen LogP contribution in [0.1, 0.15) is 0 Å². The van der Waals surface area contributed by atoms with Crippen molar-refractivity contribution >= 4 is 28.9 Å². The molecule has 0 spiro atoms. The van der Waals surface area contributed by atoms with E-state index in [0.717, 1.165) is 5.69 Å². The van der Waals surface area contributed by atoms with Crippen LogP contribution in [-0.4, -0.2) is 31.8 Å². The van der Waals surface area contributed by atoms with E-state index in [1.165, 1.54) is 0 Å². The van der Waals surface area contributed by atoms with Crippen LogP contribution in [0.3, 0.4) is 0 Å². The average Bonchev–Trinajstić information content (AvgIpc) is 2.23. The predicted octanol–water partition coefficient (Wildman–Crippen LogP) is 1.48. The summed E-state index contributed by atoms with van der Waals surface area (Å²) in [6.45, 7) is 1.41. The summed E-state index contributed by atoms with van der Waals surface area (Å²) in [5.74, 6) is 0.471. The Balaban J connectivity index is 1.87. The van der Waals surface area contributed by atoms with Gasteiger partial charge >= 0.3 is 0 Å². The second-order valence-electron chi connectivity index (χ2n) is 4.04. The standard InChI is InChI=1S/C11H11ClN2O3/c12-7-1-9-10(17-5-11(15)14-9)2-8(7)13-6-3-16-4-6/h1-2,6,13H,3-5H2,(H,14,15). The van der Waals surface area contributed by atoms with Gasteiger partial charge in [0.15, 0.2) is 6.61 Å². The fourth-order valence-electron chi connectivity index (χ4n) is 1.75. The van der Waals surface area contributed by atoms with Gasteiger partial charge in [0.1, 0.15) is 5.75 Å². The fourth-order valence-corrected chi connectivity index (χ4v) is 1.97. The number of hydrogen-bond acceptors (Lipinski definition) is 4. The summed E-state index contributed by atoms with van der Waals surface area (Å²) in [7, 11) is 0. The van der Waals surface area contributed by atoms with E-state index in [1.807, 2.05) is 0 Å². The Bertz CT molecular complexity index is 474. The molecule has 1 aromatic carbocycles. The van der Waals surface area contributed by atoms with Gasteiger partial charge in [-0.15, -0.1) is 0 Å². The summed E-state index contributed by atoms with van der Waals surface area (Å²) < 4.78 is 10.4. The molecule has 0 bridgehead atoms. The molecule has 6 heteroatoms. The van der Waals surface area contributed by atoms with Crippen molar-refractivity contribution in [1.29, 1.82) is 0 Å². The Labute approximate surface area is 103 Å². The van der Waals surface area contributed by atoms with Crippen molar-refractivity contribution in [3.8, 4) is 5.75 Å². The highest BCUT2D eigenvalue weighted by atomic mass is 35.5. The molecule has 0 unspecified atom stereocenters. The lowest BCUT2D eigenvalue weighted by Gasteiger charge is -2.29. The number of fused-ring (bicyclic) bond motifs is 1. The molecule has 0 aliphatic carbocycles. The molecule has 2 aliphatic rings. The maximum absolute atomic E-state index is 11.1. The van der Waals surface area contributed by atoms with Crippen LogP contribution in [0.4, 0.5) is 11.4 Å². The lowest BCUT2D eigenvalue weighted by Crippen LogP contribution is -2.40. The molecule has 5 nitrogen and oxygen atoms in total. The number of halogens is 1. The molecule has 0 atom stereocenters. The summed E-state index contributed by atoms with van der Waals surface area (Å²) in [5, 5.41) is 6.52. The van der Waals surface area contributed by atoms with Crippen molar-refractivity contribution in [3.05, 3.63) is 17.2 Å². The number of anilines is 2. The predicted molar refractivity (Wildman–Crippen MR) is 63.8 cm³/mol. The molecule has 2 N–H and O–H groups in total. The Hall–Kier alpha value is -1.46. The van der Waals surface area contributed by atoms with Gasteiger partial charge in [0, 0.05) is 6.07 Å². The quantitative estimate of drug-likeness (QED) is 0.839. The Kier molecular flexibility index (Phi) is 2.57. The van der Waals surface area contributed by atoms with E-state index in [4.69, 9.17) is 21.1 Å². The second-order valence-corrected chi connectivity index (χ2v) is 4.45. The van der Waals surface area contributed by atoms with Crippen LogP contribution in [-0.2, 0) is 9.53 Å². The van der Waals surface area contributed by atoms with E-state index in [2.05, 4.69) is 10.6 Å². The lowest BCUT2D eigenvalue weighted by molar-refractivity contribution is -0.118. The number of carbonyl (C=O) groups is 1. The van der Waals surface area contributed by atoms with Gasteiger partial charge in [-0.3, -0.25) is 4.79 Å². The molecule has 3 rings (SSSR count). The van der Waals surface area contributed by atoms with E-state index >= 15 is 0 Å². The largest absolute Gasteiger partial charge is 0.482 e. The topological polar surface area (TPSA) is 59.6 Å². The van der Waals surface area contributed by atoms with Crippen LogP contribution in [0.5, 0.6) is 5.75 Å². The second kappa shape index (κ2) is 4.09. The van der Waals surface area contributed by atoms with Crippen molar-refractivity contribution in [2.75, 3.05) is 30.5 Å². The number of carbonyl (C=O) groups excluding carboxylic acids is 1. The van der Waals surface area contributed by atoms with Crippen LogP contribution in [0.2, 0.25) is 5.02 Å². The monoisotopic (exact) mass is 254 g/mol. The van der Waals surface area contributed by atoms with Crippen molar-refractivity contribution in [2.45, 2.75) is 6.04 Å². The lowest BCUT2D eigenvalue weighted by atomic mass is 10.2. The molecule has 1 aromatic rings. The van der Waals surface area contributed by atoms with Crippen molar-refractivity contribution < 1.29 is 14.3 Å². The summed E-state index contributed by atoms with van der Waals surface area (Å²) in [5.41, 5.74) is 1.41. The number of amides is 1. The highest BCUT2D eigenvalue weighted by Crippen LogP contribution is 2.36. The molecule has 0 radical (unpaired) electrons. The first kappa shape index (κ1) is 10.7. The third kappa shape index (κ3) is 2.03. The van der Waals surface area contributed by atoms with Crippen LogP contribution >= 0.6 is 11.6 Å². The minimum atomic E-state index is -0.165. The molecule has 2 aliphatic heterocycles. The zero-order valence-corrected chi connectivity index (χ0v) is 9.71. The molecule has 2 heterocycles. The maximum atomic E-state index is 11.1. The SMILES string of the molecule is O=C1COc2cc(NC3COC3)c(Cl)cc2N1. The minimum Gasteiger partial charge on any atom is -0.482 e. The van der Waals surface area contributed by atoms with Crippen LogP contribution in [0.15, 0.2) is 12.1 Å². The van der Waals surface area contributed by atoms with Gasteiger partial charge in [0.2, 0.25) is 0 Å². The maximum Gasteiger partial charge on any atom is 0.262 e. The van der Waals surface area contributed by atoms with Gasteiger partial charge in [-0.25, -0.2) is 0 Å². The Morgan fingerprint density at radius 3 is 2.94 bits per heavy atom. The molecule has 1 amide bonds. The fraction of sp³-hybridized carbons (Fsp3) is 0.364. The highest BCUT2D eigenvalue weighted by molar-refractivity contribution is 6.33. The third-order valence-corrected chi connectivity index (χ3v) is 3.01. The molecule has 90 valence electrons. The minimum absolute atomic E-state index is 0.0423. The third-order valence-electron chi connectivity index (χ3n) is 2.70. The van der Waals surface area contributed by atoms with Crippen molar-refractivity contribution in [3.63, 3.8) is 0 Å². The van der Waals surface area contributed by atoms with Gasteiger partial charge in [-0.1, -0.05) is 11.6 Å². The number of rotatable bonds is 2. The van der Waals surface area contributed by atoms with Crippen molar-refractivity contribution in [1.82, 2.24) is 0 Å². The molecule has 0 aromatic heterocycles. The molecular weight excluding hydrogens is 244 g/mol. The van der Waals surface area contributed by atoms with E-state index in [9.17, 15) is 4.79 Å². The normalized spacial score (nSPS) is 18.8. The van der Waals surface area contributed by atoms with Gasteiger partial charge in [-0.2, -0.15) is 0 Å². The van der Waals surface area contributed by atoms with Crippen LogP contribution < -0.4 is 15.4 Å². The molecule has 17 heavy (non-hydrogen) atoms. The van der Waals surface area contributed by atoms with E-state index < -0.39 is 0 Å².